The van der Waals surface area contributed by atoms with Gasteiger partial charge in [0, 0.05) is 43.0 Å². The molecule has 9 heteroatoms. The van der Waals surface area contributed by atoms with Gasteiger partial charge in [-0.05, 0) is 11.8 Å². The molecule has 0 N–H and O–H groups in total. The Morgan fingerprint density at radius 3 is 1.39 bits per heavy atom. The summed E-state index contributed by atoms with van der Waals surface area (Å²) < 4.78 is 0. The third kappa shape index (κ3) is 8.23. The van der Waals surface area contributed by atoms with Gasteiger partial charge in [-0.15, -0.1) is 75.9 Å². The summed E-state index contributed by atoms with van der Waals surface area (Å²) in [6.45, 7) is 0. The third-order valence-electron chi connectivity index (χ3n) is 7.16. The van der Waals surface area contributed by atoms with Gasteiger partial charge in [-0.1, -0.05) is 109 Å². The molecule has 5 aromatic carbocycles. The molecule has 8 rings (SSSR count). The minimum atomic E-state index is 0. The average Bonchev–Trinajstić information content (AvgIpc) is 3.20. The number of rotatable bonds is 6. The zero-order valence-corrected chi connectivity index (χ0v) is 28.3. The van der Waals surface area contributed by atoms with Crippen LogP contribution in [-0.4, -0.2) is 40.3 Å². The van der Waals surface area contributed by atoms with Crippen LogP contribution >= 0.6 is 0 Å². The Kier molecular flexibility index (Phi) is 10.8. The maximum absolute atomic E-state index is 4.78. The van der Waals surface area contributed by atoms with Gasteiger partial charge in [0.05, 0.1) is 0 Å². The van der Waals surface area contributed by atoms with Crippen LogP contribution in [0.1, 0.15) is 0 Å². The van der Waals surface area contributed by atoms with Gasteiger partial charge in [0.15, 0.2) is 11.6 Å². The van der Waals surface area contributed by atoms with Crippen molar-refractivity contribution in [3.05, 3.63) is 170 Å². The summed E-state index contributed by atoms with van der Waals surface area (Å²) in [5.41, 5.74) is 6.25. The van der Waals surface area contributed by atoms with Crippen molar-refractivity contribution in [3.63, 3.8) is 0 Å². The first-order chi connectivity index (χ1) is 23.8. The number of benzene rings is 5. The topological polar surface area (TPSA) is 103 Å². The van der Waals surface area contributed by atoms with Crippen LogP contribution in [0.2, 0.25) is 0 Å². The Hall–Kier alpha value is -6.15. The maximum atomic E-state index is 4.78. The van der Waals surface area contributed by atoms with Crippen molar-refractivity contribution in [1.29, 1.82) is 0 Å². The maximum Gasteiger partial charge on any atom is 0.201 e. The van der Waals surface area contributed by atoms with Crippen molar-refractivity contribution in [3.8, 4) is 68.2 Å². The third-order valence-corrected chi connectivity index (χ3v) is 7.16. The molecule has 1 radical (unpaired) electrons. The van der Waals surface area contributed by atoms with Crippen LogP contribution in [0.4, 0.5) is 0 Å². The second-order valence-corrected chi connectivity index (χ2v) is 10.4. The summed E-state index contributed by atoms with van der Waals surface area (Å²) in [5, 5.41) is 16.3. The molecule has 0 saturated heterocycles. The molecule has 237 valence electrons. The van der Waals surface area contributed by atoms with E-state index in [0.717, 1.165) is 39.1 Å². The van der Waals surface area contributed by atoms with Crippen LogP contribution in [0.5, 0.6) is 0 Å². The van der Waals surface area contributed by atoms with Crippen LogP contribution in [0, 0.1) is 12.1 Å². The van der Waals surface area contributed by atoms with E-state index in [-0.39, 0.29) is 20.1 Å². The fraction of sp³-hybridized carbons (Fsp3) is 0. The SMILES string of the molecule is [Ir].[c-]1ccc(-c2nc(-c3ccccc3)nc(-c3ccccc3)n2)cc1-c1ccccn1.[c-]1ccccc1-c1nnc(-c2ccccc2)nn1. The van der Waals surface area contributed by atoms with E-state index in [1.165, 1.54) is 0 Å². The Morgan fingerprint density at radius 1 is 0.367 bits per heavy atom. The van der Waals surface area contributed by atoms with Crippen molar-refractivity contribution in [2.24, 2.45) is 0 Å². The first-order valence-corrected chi connectivity index (χ1v) is 15.2. The van der Waals surface area contributed by atoms with Gasteiger partial charge in [0.25, 0.3) is 0 Å². The quantitative estimate of drug-likeness (QED) is 0.155. The van der Waals surface area contributed by atoms with Crippen LogP contribution in [0.15, 0.2) is 158 Å². The molecule has 0 aliphatic heterocycles. The molecule has 3 heterocycles. The molecular formula is C40H26IrN8-2. The van der Waals surface area contributed by atoms with Crippen molar-refractivity contribution in [1.82, 2.24) is 40.3 Å². The number of nitrogens with zero attached hydrogens (tertiary/aromatic N) is 8. The number of hydrogen-bond donors (Lipinski definition) is 0. The first kappa shape index (κ1) is 32.8. The second-order valence-electron chi connectivity index (χ2n) is 10.4. The van der Waals surface area contributed by atoms with E-state index in [1.807, 2.05) is 152 Å². The Bertz CT molecular complexity index is 2090. The number of aromatic nitrogens is 8. The molecule has 8 aromatic rings. The monoisotopic (exact) mass is 811 g/mol. The van der Waals surface area contributed by atoms with E-state index in [0.29, 0.717) is 29.1 Å². The molecule has 0 atom stereocenters. The van der Waals surface area contributed by atoms with Gasteiger partial charge in [0.1, 0.15) is 11.6 Å². The Balaban J connectivity index is 0.000000188. The smallest absolute Gasteiger partial charge is 0.201 e. The van der Waals surface area contributed by atoms with Gasteiger partial charge < -0.3 is 4.98 Å². The first-order valence-electron chi connectivity index (χ1n) is 15.2. The Morgan fingerprint density at radius 2 is 0.857 bits per heavy atom. The van der Waals surface area contributed by atoms with E-state index < -0.39 is 0 Å². The molecule has 0 amide bonds. The fourth-order valence-corrected chi connectivity index (χ4v) is 4.79. The van der Waals surface area contributed by atoms with Gasteiger partial charge in [0.2, 0.25) is 5.82 Å². The molecule has 3 aromatic heterocycles. The predicted molar refractivity (Wildman–Crippen MR) is 186 cm³/mol. The minimum Gasteiger partial charge on any atom is -0.305 e. The van der Waals surface area contributed by atoms with E-state index >= 15 is 0 Å². The zero-order valence-electron chi connectivity index (χ0n) is 25.9. The molecule has 0 unspecified atom stereocenters. The van der Waals surface area contributed by atoms with E-state index in [2.05, 4.69) is 37.5 Å². The number of hydrogen-bond acceptors (Lipinski definition) is 8. The molecule has 8 nitrogen and oxygen atoms in total. The van der Waals surface area contributed by atoms with E-state index in [4.69, 9.17) is 15.0 Å². The van der Waals surface area contributed by atoms with E-state index in [1.54, 1.807) is 6.20 Å². The zero-order chi connectivity index (χ0) is 32.4. The second kappa shape index (κ2) is 16.1. The summed E-state index contributed by atoms with van der Waals surface area (Å²) >= 11 is 0. The minimum absolute atomic E-state index is 0. The van der Waals surface area contributed by atoms with E-state index in [9.17, 15) is 0 Å². The summed E-state index contributed by atoms with van der Waals surface area (Å²) in [6, 6.07) is 55.0. The predicted octanol–water partition coefficient (Wildman–Crippen LogP) is 8.13. The van der Waals surface area contributed by atoms with Crippen molar-refractivity contribution < 1.29 is 20.1 Å². The largest absolute Gasteiger partial charge is 0.305 e. The van der Waals surface area contributed by atoms with Gasteiger partial charge >= 0.3 is 0 Å². The molecule has 49 heavy (non-hydrogen) atoms. The molecule has 0 saturated carbocycles. The summed E-state index contributed by atoms with van der Waals surface area (Å²) in [5.74, 6) is 2.91. The van der Waals surface area contributed by atoms with Gasteiger partial charge in [-0.3, -0.25) is 0 Å². The molecular weight excluding hydrogens is 785 g/mol. The standard InChI is InChI=1S/C26H17N4.C14H9N4.Ir/c1-3-10-19(11-4-1)24-28-25(20-12-5-2-6-13-20)30-26(29-24)22-15-9-14-21(18-22)23-16-7-8-17-27-23;1-3-7-11(8-4-1)13-15-17-14(18-16-13)12-9-5-2-6-10-12;/h1-13,15-18H;1-9H;/q2*-1;. The molecule has 0 fully saturated rings. The number of pyridine rings is 1. The molecule has 0 aliphatic carbocycles. The molecule has 0 spiro atoms. The summed E-state index contributed by atoms with van der Waals surface area (Å²) in [7, 11) is 0. The normalized spacial score (nSPS) is 10.3. The van der Waals surface area contributed by atoms with Crippen molar-refractivity contribution >= 4 is 0 Å². The van der Waals surface area contributed by atoms with Gasteiger partial charge in [-0.25, -0.2) is 15.0 Å². The summed E-state index contributed by atoms with van der Waals surface area (Å²) in [6.07, 6.45) is 1.78. The fourth-order valence-electron chi connectivity index (χ4n) is 4.79. The van der Waals surface area contributed by atoms with Crippen molar-refractivity contribution in [2.45, 2.75) is 0 Å². The van der Waals surface area contributed by atoms with Crippen LogP contribution in [0.3, 0.4) is 0 Å². The van der Waals surface area contributed by atoms with Gasteiger partial charge in [-0.2, -0.15) is 10.2 Å². The molecule has 0 aliphatic rings. The van der Waals surface area contributed by atoms with Crippen LogP contribution in [-0.2, 0) is 20.1 Å². The van der Waals surface area contributed by atoms with Crippen LogP contribution < -0.4 is 0 Å². The average molecular weight is 811 g/mol. The Labute approximate surface area is 297 Å². The summed E-state index contributed by atoms with van der Waals surface area (Å²) in [4.78, 5) is 18.7. The molecule has 0 bridgehead atoms. The van der Waals surface area contributed by atoms with Crippen molar-refractivity contribution in [2.75, 3.05) is 0 Å². The van der Waals surface area contributed by atoms with Crippen LogP contribution in [0.25, 0.3) is 68.2 Å².